The van der Waals surface area contributed by atoms with Crippen LogP contribution in [0.25, 0.3) is 0 Å². The van der Waals surface area contributed by atoms with Crippen LogP contribution in [-0.4, -0.2) is 17.1 Å². The summed E-state index contributed by atoms with van der Waals surface area (Å²) >= 11 is 0. The smallest absolute Gasteiger partial charge is 0.203 e. The Morgan fingerprint density at radius 3 is 2.68 bits per heavy atom. The predicted octanol–water partition coefficient (Wildman–Crippen LogP) is 2.55. The summed E-state index contributed by atoms with van der Waals surface area (Å²) in [4.78, 5) is 8.09. The number of methoxy groups -OCH3 is 1. The summed E-state index contributed by atoms with van der Waals surface area (Å²) in [6, 6.07) is 8.31. The van der Waals surface area contributed by atoms with Crippen LogP contribution in [0.2, 0.25) is 0 Å². The van der Waals surface area contributed by atoms with Crippen molar-refractivity contribution in [1.29, 1.82) is 0 Å². The predicted molar refractivity (Wildman–Crippen MR) is 76.2 cm³/mol. The van der Waals surface area contributed by atoms with E-state index < -0.39 is 0 Å². The number of rotatable bonds is 4. The van der Waals surface area contributed by atoms with E-state index in [1.165, 1.54) is 17.5 Å². The van der Waals surface area contributed by atoms with Crippen molar-refractivity contribution >= 4 is 11.6 Å². The first-order chi connectivity index (χ1) is 9.13. The van der Waals surface area contributed by atoms with Crippen LogP contribution < -0.4 is 15.8 Å². The van der Waals surface area contributed by atoms with Gasteiger partial charge in [-0.3, -0.25) is 0 Å². The van der Waals surface area contributed by atoms with Crippen LogP contribution in [0, 0.1) is 6.92 Å². The molecule has 3 N–H and O–H groups in total. The largest absolute Gasteiger partial charge is 0.490 e. The van der Waals surface area contributed by atoms with Crippen molar-refractivity contribution in [2.24, 2.45) is 0 Å². The molecule has 0 amide bonds. The molecule has 1 unspecified atom stereocenters. The highest BCUT2D eigenvalue weighted by Gasteiger charge is 2.14. The van der Waals surface area contributed by atoms with Gasteiger partial charge in [0, 0.05) is 0 Å². The highest BCUT2D eigenvalue weighted by molar-refractivity contribution is 5.62. The molecule has 0 aliphatic rings. The molecule has 2 rings (SSSR count). The zero-order valence-electron chi connectivity index (χ0n) is 11.3. The van der Waals surface area contributed by atoms with Crippen LogP contribution in [0.4, 0.5) is 11.6 Å². The van der Waals surface area contributed by atoms with Crippen molar-refractivity contribution in [3.05, 3.63) is 41.7 Å². The van der Waals surface area contributed by atoms with Gasteiger partial charge in [-0.25, -0.2) is 9.97 Å². The molecular weight excluding hydrogens is 240 g/mol. The SMILES string of the molecule is COc1c(N)ncnc1NC(C)c1ccccc1C. The van der Waals surface area contributed by atoms with E-state index in [9.17, 15) is 0 Å². The van der Waals surface area contributed by atoms with Crippen molar-refractivity contribution in [3.8, 4) is 5.75 Å². The lowest BCUT2D eigenvalue weighted by Gasteiger charge is -2.18. The van der Waals surface area contributed by atoms with Gasteiger partial charge in [-0.1, -0.05) is 24.3 Å². The minimum atomic E-state index is 0.101. The van der Waals surface area contributed by atoms with Gasteiger partial charge in [0.15, 0.2) is 11.6 Å². The number of nitrogens with two attached hydrogens (primary N) is 1. The fourth-order valence-corrected chi connectivity index (χ4v) is 2.05. The molecule has 5 nitrogen and oxygen atoms in total. The van der Waals surface area contributed by atoms with Gasteiger partial charge in [-0.2, -0.15) is 0 Å². The second-order valence-corrected chi connectivity index (χ2v) is 4.36. The molecule has 0 radical (unpaired) electrons. The van der Waals surface area contributed by atoms with Gasteiger partial charge in [-0.05, 0) is 25.0 Å². The summed E-state index contributed by atoms with van der Waals surface area (Å²) in [6.07, 6.45) is 1.42. The van der Waals surface area contributed by atoms with E-state index in [1.54, 1.807) is 7.11 Å². The maximum atomic E-state index is 5.76. The molecule has 0 aliphatic heterocycles. The molecule has 1 aromatic heterocycles. The van der Waals surface area contributed by atoms with Crippen molar-refractivity contribution in [1.82, 2.24) is 9.97 Å². The third-order valence-electron chi connectivity index (χ3n) is 3.04. The standard InChI is InChI=1S/C14H18N4O/c1-9-6-4-5-7-11(9)10(2)18-14-12(19-3)13(15)16-8-17-14/h4-8,10H,1-3H3,(H3,15,16,17,18). The van der Waals surface area contributed by atoms with E-state index in [1.807, 2.05) is 12.1 Å². The number of anilines is 2. The molecule has 19 heavy (non-hydrogen) atoms. The van der Waals surface area contributed by atoms with Crippen molar-refractivity contribution in [2.45, 2.75) is 19.9 Å². The number of nitrogen functional groups attached to an aromatic ring is 1. The second kappa shape index (κ2) is 5.56. The van der Waals surface area contributed by atoms with Crippen LogP contribution in [0.1, 0.15) is 24.1 Å². The van der Waals surface area contributed by atoms with E-state index in [0.717, 1.165) is 0 Å². The molecule has 0 saturated heterocycles. The normalized spacial score (nSPS) is 11.9. The lowest BCUT2D eigenvalue weighted by molar-refractivity contribution is 0.415. The number of ether oxygens (including phenoxy) is 1. The second-order valence-electron chi connectivity index (χ2n) is 4.36. The van der Waals surface area contributed by atoms with E-state index in [0.29, 0.717) is 17.4 Å². The third kappa shape index (κ3) is 2.76. The summed E-state index contributed by atoms with van der Waals surface area (Å²) in [7, 11) is 1.55. The quantitative estimate of drug-likeness (QED) is 0.881. The Morgan fingerprint density at radius 2 is 2.00 bits per heavy atom. The lowest BCUT2D eigenvalue weighted by atomic mass is 10.0. The van der Waals surface area contributed by atoms with Crippen molar-refractivity contribution < 1.29 is 4.74 Å². The van der Waals surface area contributed by atoms with Crippen LogP contribution in [0.3, 0.4) is 0 Å². The monoisotopic (exact) mass is 258 g/mol. The first-order valence-electron chi connectivity index (χ1n) is 6.10. The Bertz CT molecular complexity index is 571. The van der Waals surface area contributed by atoms with E-state index >= 15 is 0 Å². The number of nitrogens with zero attached hydrogens (tertiary/aromatic N) is 2. The fraction of sp³-hybridized carbons (Fsp3) is 0.286. The average molecular weight is 258 g/mol. The molecule has 0 spiro atoms. The molecule has 0 aliphatic carbocycles. The summed E-state index contributed by atoms with van der Waals surface area (Å²) in [5.41, 5.74) is 8.20. The zero-order chi connectivity index (χ0) is 13.8. The van der Waals surface area contributed by atoms with Crippen LogP contribution in [-0.2, 0) is 0 Å². The van der Waals surface area contributed by atoms with E-state index in [-0.39, 0.29) is 6.04 Å². The maximum Gasteiger partial charge on any atom is 0.203 e. The fourth-order valence-electron chi connectivity index (χ4n) is 2.05. The molecule has 5 heteroatoms. The minimum absolute atomic E-state index is 0.101. The minimum Gasteiger partial charge on any atom is -0.490 e. The molecular formula is C14H18N4O. The van der Waals surface area contributed by atoms with Gasteiger partial charge < -0.3 is 15.8 Å². The van der Waals surface area contributed by atoms with Gasteiger partial charge >= 0.3 is 0 Å². The highest BCUT2D eigenvalue weighted by atomic mass is 16.5. The van der Waals surface area contributed by atoms with Gasteiger partial charge in [0.1, 0.15) is 6.33 Å². The number of hydrogen-bond acceptors (Lipinski definition) is 5. The first kappa shape index (κ1) is 13.1. The lowest BCUT2D eigenvalue weighted by Crippen LogP contribution is -2.11. The third-order valence-corrected chi connectivity index (χ3v) is 3.04. The number of benzene rings is 1. The summed E-state index contributed by atoms with van der Waals surface area (Å²) in [5.74, 6) is 1.41. The van der Waals surface area contributed by atoms with E-state index in [4.69, 9.17) is 10.5 Å². The highest BCUT2D eigenvalue weighted by Crippen LogP contribution is 2.30. The Morgan fingerprint density at radius 1 is 1.26 bits per heavy atom. The Balaban J connectivity index is 2.27. The summed E-state index contributed by atoms with van der Waals surface area (Å²) in [6.45, 7) is 4.15. The molecule has 1 atom stereocenters. The van der Waals surface area contributed by atoms with Crippen LogP contribution >= 0.6 is 0 Å². The van der Waals surface area contributed by atoms with Crippen LogP contribution in [0.15, 0.2) is 30.6 Å². The van der Waals surface area contributed by atoms with E-state index in [2.05, 4.69) is 41.3 Å². The van der Waals surface area contributed by atoms with Gasteiger partial charge in [-0.15, -0.1) is 0 Å². The Labute approximate surface area is 112 Å². The molecule has 0 bridgehead atoms. The molecule has 2 aromatic rings. The van der Waals surface area contributed by atoms with Gasteiger partial charge in [0.25, 0.3) is 0 Å². The average Bonchev–Trinajstić information content (AvgIpc) is 2.39. The summed E-state index contributed by atoms with van der Waals surface area (Å²) < 4.78 is 5.23. The number of nitrogens with one attached hydrogen (secondary N) is 1. The van der Waals surface area contributed by atoms with Gasteiger partial charge in [0.05, 0.1) is 13.2 Å². The van der Waals surface area contributed by atoms with Crippen molar-refractivity contribution in [3.63, 3.8) is 0 Å². The molecule has 0 fully saturated rings. The molecule has 0 saturated carbocycles. The van der Waals surface area contributed by atoms with Crippen molar-refractivity contribution in [2.75, 3.05) is 18.2 Å². The number of aromatic nitrogens is 2. The first-order valence-corrected chi connectivity index (χ1v) is 6.10. The number of aryl methyl sites for hydroxylation is 1. The Hall–Kier alpha value is -2.30. The number of hydrogen-bond donors (Lipinski definition) is 2. The summed E-state index contributed by atoms with van der Waals surface area (Å²) in [5, 5.41) is 3.30. The molecule has 100 valence electrons. The van der Waals surface area contributed by atoms with Crippen LogP contribution in [0.5, 0.6) is 5.75 Å². The molecule has 1 heterocycles. The topological polar surface area (TPSA) is 73.1 Å². The van der Waals surface area contributed by atoms with Gasteiger partial charge in [0.2, 0.25) is 5.75 Å². The zero-order valence-corrected chi connectivity index (χ0v) is 11.3. The Kier molecular flexibility index (Phi) is 3.85. The molecule has 1 aromatic carbocycles. The maximum absolute atomic E-state index is 5.76.